The Morgan fingerprint density at radius 2 is 2.20 bits per heavy atom. The number of hydrogen-bond donors (Lipinski definition) is 3. The highest BCUT2D eigenvalue weighted by Gasteiger charge is 2.25. The third-order valence-electron chi connectivity index (χ3n) is 4.50. The molecule has 1 fully saturated rings. The largest absolute Gasteiger partial charge is 0.383 e. The molecule has 2 heterocycles. The van der Waals surface area contributed by atoms with Gasteiger partial charge in [-0.2, -0.15) is 5.10 Å². The van der Waals surface area contributed by atoms with Crippen molar-refractivity contribution in [3.8, 4) is 0 Å². The molecule has 7 nitrogen and oxygen atoms in total. The molecule has 8 heteroatoms. The fourth-order valence-electron chi connectivity index (χ4n) is 3.05. The normalized spacial score (nSPS) is 21.3. The predicted octanol–water partition coefficient (Wildman–Crippen LogP) is 1.14. The van der Waals surface area contributed by atoms with Gasteiger partial charge in [-0.25, -0.2) is 4.99 Å². The molecule has 2 atom stereocenters. The van der Waals surface area contributed by atoms with Gasteiger partial charge in [-0.1, -0.05) is 0 Å². The van der Waals surface area contributed by atoms with Gasteiger partial charge in [-0.15, -0.1) is 24.0 Å². The number of halogens is 1. The number of aliphatic hydroxyl groups is 1. The Bertz CT molecular complexity index is 545. The van der Waals surface area contributed by atoms with Crippen LogP contribution in [0.5, 0.6) is 0 Å². The number of rotatable bonds is 6. The van der Waals surface area contributed by atoms with Crippen LogP contribution in [0.25, 0.3) is 0 Å². The van der Waals surface area contributed by atoms with E-state index in [1.807, 2.05) is 20.2 Å². The molecule has 2 unspecified atom stereocenters. The van der Waals surface area contributed by atoms with E-state index < -0.39 is 5.60 Å². The number of aryl methyl sites for hydroxylation is 1. The van der Waals surface area contributed by atoms with Crippen LogP contribution in [-0.4, -0.2) is 65.5 Å². The van der Waals surface area contributed by atoms with E-state index in [0.717, 1.165) is 31.2 Å². The van der Waals surface area contributed by atoms with Crippen LogP contribution < -0.4 is 10.6 Å². The average Bonchev–Trinajstić information content (AvgIpc) is 2.98. The predicted molar refractivity (Wildman–Crippen MR) is 112 cm³/mol. The highest BCUT2D eigenvalue weighted by atomic mass is 127. The molecule has 1 aromatic heterocycles. The van der Waals surface area contributed by atoms with Crippen molar-refractivity contribution in [2.24, 2.45) is 18.0 Å². The lowest BCUT2D eigenvalue weighted by molar-refractivity contribution is 0.0671. The number of aromatic nitrogens is 2. The van der Waals surface area contributed by atoms with E-state index in [9.17, 15) is 5.11 Å². The van der Waals surface area contributed by atoms with Crippen LogP contribution in [-0.2, 0) is 12.6 Å². The second-order valence-electron chi connectivity index (χ2n) is 7.02. The van der Waals surface area contributed by atoms with Gasteiger partial charge in [-0.3, -0.25) is 4.68 Å². The second kappa shape index (κ2) is 10.3. The smallest absolute Gasteiger partial charge is 0.191 e. The number of likely N-dealkylation sites (tertiary alicyclic amines) is 1. The number of hydrogen-bond acceptors (Lipinski definition) is 4. The monoisotopic (exact) mass is 464 g/mol. The third-order valence-corrected chi connectivity index (χ3v) is 4.50. The van der Waals surface area contributed by atoms with E-state index in [1.54, 1.807) is 17.8 Å². The molecule has 1 aromatic rings. The summed E-state index contributed by atoms with van der Waals surface area (Å²) in [5.41, 5.74) is -0.250. The minimum atomic E-state index is -1.03. The maximum atomic E-state index is 10.6. The number of piperidine rings is 1. The van der Waals surface area contributed by atoms with E-state index in [2.05, 4.69) is 32.7 Å². The van der Waals surface area contributed by atoms with Crippen molar-refractivity contribution in [3.05, 3.63) is 18.0 Å². The first-order valence-corrected chi connectivity index (χ1v) is 8.83. The van der Waals surface area contributed by atoms with Gasteiger partial charge in [0.25, 0.3) is 0 Å². The van der Waals surface area contributed by atoms with Gasteiger partial charge in [-0.05, 0) is 46.2 Å². The molecule has 1 saturated heterocycles. The highest BCUT2D eigenvalue weighted by molar-refractivity contribution is 14.0. The highest BCUT2D eigenvalue weighted by Crippen LogP contribution is 2.20. The first-order valence-electron chi connectivity index (χ1n) is 8.83. The van der Waals surface area contributed by atoms with Gasteiger partial charge in [0.1, 0.15) is 5.60 Å². The second-order valence-corrected chi connectivity index (χ2v) is 7.02. The summed E-state index contributed by atoms with van der Waals surface area (Å²) in [6.07, 6.45) is 6.03. The van der Waals surface area contributed by atoms with Crippen LogP contribution in [0.15, 0.2) is 17.4 Å². The zero-order chi connectivity index (χ0) is 17.6. The Morgan fingerprint density at radius 1 is 1.44 bits per heavy atom. The Kier molecular flexibility index (Phi) is 9.15. The zero-order valence-electron chi connectivity index (χ0n) is 15.8. The molecule has 0 radical (unpaired) electrons. The zero-order valence-corrected chi connectivity index (χ0v) is 18.2. The molecule has 0 aliphatic carbocycles. The Labute approximate surface area is 168 Å². The van der Waals surface area contributed by atoms with Crippen LogP contribution in [0.3, 0.4) is 0 Å². The van der Waals surface area contributed by atoms with Gasteiger partial charge in [0, 0.05) is 38.4 Å². The topological polar surface area (TPSA) is 77.7 Å². The van der Waals surface area contributed by atoms with Crippen molar-refractivity contribution < 1.29 is 5.11 Å². The SMILES string of the molecule is CCNC(=NCC(C)(O)c1cnn(C)c1)NCC1CCCN(C)C1.I. The summed E-state index contributed by atoms with van der Waals surface area (Å²) in [5, 5.41) is 21.4. The lowest BCUT2D eigenvalue weighted by atomic mass is 9.98. The summed E-state index contributed by atoms with van der Waals surface area (Å²) < 4.78 is 1.69. The van der Waals surface area contributed by atoms with E-state index in [-0.39, 0.29) is 24.0 Å². The molecule has 0 aromatic carbocycles. The van der Waals surface area contributed by atoms with E-state index in [4.69, 9.17) is 0 Å². The van der Waals surface area contributed by atoms with Gasteiger partial charge >= 0.3 is 0 Å². The van der Waals surface area contributed by atoms with Gasteiger partial charge in [0.2, 0.25) is 0 Å². The molecule has 144 valence electrons. The molecule has 0 bridgehead atoms. The summed E-state index contributed by atoms with van der Waals surface area (Å²) in [6, 6.07) is 0. The summed E-state index contributed by atoms with van der Waals surface area (Å²) in [5.74, 6) is 1.40. The maximum Gasteiger partial charge on any atom is 0.191 e. The Morgan fingerprint density at radius 3 is 2.80 bits per heavy atom. The van der Waals surface area contributed by atoms with Crippen LogP contribution in [0.2, 0.25) is 0 Å². The lowest BCUT2D eigenvalue weighted by Crippen LogP contribution is -2.44. The number of guanidine groups is 1. The average molecular weight is 464 g/mol. The van der Waals surface area contributed by atoms with Crippen LogP contribution >= 0.6 is 24.0 Å². The Hall–Kier alpha value is -0.870. The van der Waals surface area contributed by atoms with Crippen molar-refractivity contribution >= 4 is 29.9 Å². The minimum Gasteiger partial charge on any atom is -0.383 e. The summed E-state index contributed by atoms with van der Waals surface area (Å²) >= 11 is 0. The van der Waals surface area contributed by atoms with Crippen molar-refractivity contribution in [1.29, 1.82) is 0 Å². The standard InChI is InChI=1S/C17H32N6O.HI/c1-5-18-16(19-9-14-7-6-8-22(3)11-14)20-13-17(2,24)15-10-21-23(4)12-15;/h10,12,14,24H,5-9,11,13H2,1-4H3,(H2,18,19,20);1H. The van der Waals surface area contributed by atoms with Crippen LogP contribution in [0.4, 0.5) is 0 Å². The molecule has 25 heavy (non-hydrogen) atoms. The summed E-state index contributed by atoms with van der Waals surface area (Å²) in [6.45, 7) is 8.13. The molecule has 3 N–H and O–H groups in total. The van der Waals surface area contributed by atoms with Crippen molar-refractivity contribution in [2.75, 3.05) is 39.8 Å². The van der Waals surface area contributed by atoms with E-state index in [1.165, 1.54) is 19.4 Å². The molecule has 0 amide bonds. The van der Waals surface area contributed by atoms with E-state index in [0.29, 0.717) is 12.5 Å². The summed E-state index contributed by atoms with van der Waals surface area (Å²) in [7, 11) is 4.02. The van der Waals surface area contributed by atoms with Crippen LogP contribution in [0, 0.1) is 5.92 Å². The quantitative estimate of drug-likeness (QED) is 0.335. The third kappa shape index (κ3) is 7.10. The van der Waals surface area contributed by atoms with Crippen molar-refractivity contribution in [1.82, 2.24) is 25.3 Å². The molecule has 2 rings (SSSR count). The fourth-order valence-corrected chi connectivity index (χ4v) is 3.05. The van der Waals surface area contributed by atoms with Gasteiger partial charge in [0.05, 0.1) is 12.7 Å². The van der Waals surface area contributed by atoms with E-state index >= 15 is 0 Å². The molecular weight excluding hydrogens is 431 g/mol. The lowest BCUT2D eigenvalue weighted by Gasteiger charge is -2.30. The maximum absolute atomic E-state index is 10.6. The van der Waals surface area contributed by atoms with Crippen LogP contribution in [0.1, 0.15) is 32.3 Å². The molecule has 0 saturated carbocycles. The molecule has 1 aliphatic heterocycles. The Balaban J connectivity index is 0.00000312. The number of nitrogens with one attached hydrogen (secondary N) is 2. The molecular formula is C17H33IN6O. The first-order chi connectivity index (χ1) is 11.4. The van der Waals surface area contributed by atoms with Gasteiger partial charge in [0.15, 0.2) is 5.96 Å². The fraction of sp³-hybridized carbons (Fsp3) is 0.765. The first kappa shape index (κ1) is 22.2. The molecule has 0 spiro atoms. The van der Waals surface area contributed by atoms with Crippen molar-refractivity contribution in [2.45, 2.75) is 32.3 Å². The summed E-state index contributed by atoms with van der Waals surface area (Å²) in [4.78, 5) is 6.95. The number of aliphatic imine (C=N–C) groups is 1. The molecule has 1 aliphatic rings. The minimum absolute atomic E-state index is 0. The van der Waals surface area contributed by atoms with Gasteiger partial charge < -0.3 is 20.6 Å². The number of nitrogens with zero attached hydrogens (tertiary/aromatic N) is 4. The van der Waals surface area contributed by atoms with Crippen molar-refractivity contribution in [3.63, 3.8) is 0 Å².